The Hall–Kier alpha value is -2.54. The summed E-state index contributed by atoms with van der Waals surface area (Å²) in [7, 11) is 3.04. The minimum atomic E-state index is -0.719. The van der Waals surface area contributed by atoms with Crippen molar-refractivity contribution < 1.29 is 19.1 Å². The SMILES string of the molecule is COc1ccc(OC)c(NC(=O)C(=O)NCC2(c3cccs3)CCCCC2)c1. The van der Waals surface area contributed by atoms with Crippen molar-refractivity contribution in [3.63, 3.8) is 0 Å². The Balaban J connectivity index is 1.66. The molecular weight excluding hydrogens is 376 g/mol. The van der Waals surface area contributed by atoms with Crippen molar-refractivity contribution in [3.05, 3.63) is 40.6 Å². The smallest absolute Gasteiger partial charge is 0.313 e. The highest BCUT2D eigenvalue weighted by Gasteiger charge is 2.35. The highest BCUT2D eigenvalue weighted by Crippen LogP contribution is 2.41. The van der Waals surface area contributed by atoms with E-state index in [0.29, 0.717) is 23.7 Å². The number of nitrogens with one attached hydrogen (secondary N) is 2. The number of benzene rings is 1. The summed E-state index contributed by atoms with van der Waals surface area (Å²) in [6, 6.07) is 9.20. The van der Waals surface area contributed by atoms with Gasteiger partial charge >= 0.3 is 11.8 Å². The third-order valence-electron chi connectivity index (χ3n) is 5.30. The van der Waals surface area contributed by atoms with E-state index in [9.17, 15) is 9.59 Å². The predicted octanol–water partition coefficient (Wildman–Crippen LogP) is 3.72. The summed E-state index contributed by atoms with van der Waals surface area (Å²) in [6.45, 7) is 0.467. The molecule has 2 aromatic rings. The maximum atomic E-state index is 12.5. The molecule has 6 nitrogen and oxygen atoms in total. The van der Waals surface area contributed by atoms with Crippen LogP contribution in [-0.4, -0.2) is 32.6 Å². The van der Waals surface area contributed by atoms with Crippen LogP contribution in [0.4, 0.5) is 5.69 Å². The normalized spacial score (nSPS) is 15.5. The molecule has 0 spiro atoms. The first kappa shape index (κ1) is 20.2. The lowest BCUT2D eigenvalue weighted by Crippen LogP contribution is -2.45. The first-order chi connectivity index (χ1) is 13.6. The van der Waals surface area contributed by atoms with E-state index in [1.807, 2.05) is 6.07 Å². The molecule has 0 radical (unpaired) electrons. The Morgan fingerprint density at radius 1 is 1.07 bits per heavy atom. The molecule has 150 valence electrons. The number of thiophene rings is 1. The molecule has 0 aliphatic heterocycles. The van der Waals surface area contributed by atoms with Crippen molar-refractivity contribution in [2.75, 3.05) is 26.1 Å². The first-order valence-electron chi connectivity index (χ1n) is 9.43. The van der Waals surface area contributed by atoms with Gasteiger partial charge in [0, 0.05) is 22.9 Å². The Morgan fingerprint density at radius 3 is 2.50 bits per heavy atom. The van der Waals surface area contributed by atoms with Crippen LogP contribution in [0.5, 0.6) is 11.5 Å². The van der Waals surface area contributed by atoms with Crippen LogP contribution in [0.2, 0.25) is 0 Å². The Bertz CT molecular complexity index is 814. The zero-order chi connectivity index (χ0) is 20.0. The first-order valence-corrected chi connectivity index (χ1v) is 10.3. The van der Waals surface area contributed by atoms with E-state index in [2.05, 4.69) is 22.1 Å². The number of methoxy groups -OCH3 is 2. The molecule has 0 bridgehead atoms. The van der Waals surface area contributed by atoms with E-state index in [-0.39, 0.29) is 5.41 Å². The lowest BCUT2D eigenvalue weighted by molar-refractivity contribution is -0.136. The molecule has 1 aliphatic carbocycles. The monoisotopic (exact) mass is 402 g/mol. The van der Waals surface area contributed by atoms with Crippen LogP contribution < -0.4 is 20.1 Å². The summed E-state index contributed by atoms with van der Waals surface area (Å²) >= 11 is 1.72. The van der Waals surface area contributed by atoms with E-state index < -0.39 is 11.8 Å². The lowest BCUT2D eigenvalue weighted by Gasteiger charge is -2.36. The average molecular weight is 403 g/mol. The van der Waals surface area contributed by atoms with E-state index in [1.165, 1.54) is 25.5 Å². The summed E-state index contributed by atoms with van der Waals surface area (Å²) in [5.74, 6) is -0.338. The van der Waals surface area contributed by atoms with Gasteiger partial charge in [0.1, 0.15) is 11.5 Å². The Labute approximate surface area is 169 Å². The molecule has 1 fully saturated rings. The van der Waals surface area contributed by atoms with Gasteiger partial charge in [-0.3, -0.25) is 9.59 Å². The standard InChI is InChI=1S/C21H26N2O4S/c1-26-15-8-9-17(27-2)16(13-15)23-20(25)19(24)22-14-21(10-4-3-5-11-21)18-7-6-12-28-18/h6-9,12-13H,3-5,10-11,14H2,1-2H3,(H,22,24)(H,23,25). The molecule has 7 heteroatoms. The zero-order valence-corrected chi connectivity index (χ0v) is 17.1. The fourth-order valence-electron chi connectivity index (χ4n) is 3.74. The van der Waals surface area contributed by atoms with Gasteiger partial charge in [0.15, 0.2) is 0 Å². The molecule has 2 N–H and O–H groups in total. The van der Waals surface area contributed by atoms with Crippen LogP contribution in [0.1, 0.15) is 37.0 Å². The quantitative estimate of drug-likeness (QED) is 0.722. The van der Waals surface area contributed by atoms with Crippen molar-refractivity contribution in [1.82, 2.24) is 5.32 Å². The van der Waals surface area contributed by atoms with Crippen molar-refractivity contribution in [2.24, 2.45) is 0 Å². The van der Waals surface area contributed by atoms with Crippen molar-refractivity contribution in [3.8, 4) is 11.5 Å². The molecule has 1 heterocycles. The van der Waals surface area contributed by atoms with Crippen LogP contribution in [0.15, 0.2) is 35.7 Å². The van der Waals surface area contributed by atoms with Gasteiger partial charge in [-0.1, -0.05) is 25.3 Å². The molecule has 2 amide bonds. The number of anilines is 1. The van der Waals surface area contributed by atoms with E-state index >= 15 is 0 Å². The molecule has 0 unspecified atom stereocenters. The third kappa shape index (κ3) is 4.47. The molecule has 1 saturated carbocycles. The highest BCUT2D eigenvalue weighted by molar-refractivity contribution is 7.10. The average Bonchev–Trinajstić information content (AvgIpc) is 3.28. The van der Waals surface area contributed by atoms with Crippen LogP contribution in [0.3, 0.4) is 0 Å². The van der Waals surface area contributed by atoms with Crippen LogP contribution >= 0.6 is 11.3 Å². The summed E-state index contributed by atoms with van der Waals surface area (Å²) in [4.78, 5) is 26.2. The Morgan fingerprint density at radius 2 is 1.86 bits per heavy atom. The number of hydrogen-bond donors (Lipinski definition) is 2. The number of rotatable bonds is 6. The molecular formula is C21H26N2O4S. The second-order valence-corrected chi connectivity index (χ2v) is 7.97. The molecule has 1 aromatic carbocycles. The number of amides is 2. The fraction of sp³-hybridized carbons (Fsp3) is 0.429. The maximum Gasteiger partial charge on any atom is 0.313 e. The molecule has 0 saturated heterocycles. The van der Waals surface area contributed by atoms with Crippen molar-refractivity contribution in [2.45, 2.75) is 37.5 Å². The number of ether oxygens (including phenoxy) is 2. The summed E-state index contributed by atoms with van der Waals surface area (Å²) < 4.78 is 10.4. The number of hydrogen-bond acceptors (Lipinski definition) is 5. The fourth-order valence-corrected chi connectivity index (χ4v) is 4.73. The summed E-state index contributed by atoms with van der Waals surface area (Å²) in [6.07, 6.45) is 5.55. The van der Waals surface area contributed by atoms with Crippen LogP contribution in [0.25, 0.3) is 0 Å². The van der Waals surface area contributed by atoms with Gasteiger partial charge in [-0.25, -0.2) is 0 Å². The number of carbonyl (C=O) groups is 2. The Kier molecular flexibility index (Phi) is 6.57. The van der Waals surface area contributed by atoms with Crippen LogP contribution in [0, 0.1) is 0 Å². The predicted molar refractivity (Wildman–Crippen MR) is 110 cm³/mol. The minimum absolute atomic E-state index is 0.0734. The maximum absolute atomic E-state index is 12.5. The van der Waals surface area contributed by atoms with E-state index in [4.69, 9.17) is 9.47 Å². The van der Waals surface area contributed by atoms with E-state index in [1.54, 1.807) is 29.5 Å². The second kappa shape index (κ2) is 9.10. The van der Waals surface area contributed by atoms with Gasteiger partial charge in [-0.15, -0.1) is 11.3 Å². The van der Waals surface area contributed by atoms with Gasteiger partial charge in [-0.05, 0) is 36.4 Å². The summed E-state index contributed by atoms with van der Waals surface area (Å²) in [5.41, 5.74) is 0.323. The van der Waals surface area contributed by atoms with Gasteiger partial charge in [-0.2, -0.15) is 0 Å². The molecule has 0 atom stereocenters. The third-order valence-corrected chi connectivity index (χ3v) is 6.42. The van der Waals surface area contributed by atoms with E-state index in [0.717, 1.165) is 25.7 Å². The van der Waals surface area contributed by atoms with Crippen LogP contribution in [-0.2, 0) is 15.0 Å². The van der Waals surface area contributed by atoms with Gasteiger partial charge in [0.05, 0.1) is 19.9 Å². The molecule has 1 aliphatic rings. The second-order valence-electron chi connectivity index (χ2n) is 7.02. The number of carbonyl (C=O) groups excluding carboxylic acids is 2. The van der Waals surface area contributed by atoms with Crippen molar-refractivity contribution in [1.29, 1.82) is 0 Å². The molecule has 1 aromatic heterocycles. The molecule has 3 rings (SSSR count). The van der Waals surface area contributed by atoms with Gasteiger partial charge in [0.25, 0.3) is 0 Å². The van der Waals surface area contributed by atoms with Gasteiger partial charge in [0.2, 0.25) is 0 Å². The molecule has 28 heavy (non-hydrogen) atoms. The zero-order valence-electron chi connectivity index (χ0n) is 16.2. The van der Waals surface area contributed by atoms with Gasteiger partial charge < -0.3 is 20.1 Å². The minimum Gasteiger partial charge on any atom is -0.497 e. The van der Waals surface area contributed by atoms with Crippen molar-refractivity contribution >= 4 is 28.8 Å². The topological polar surface area (TPSA) is 76.7 Å². The highest BCUT2D eigenvalue weighted by atomic mass is 32.1. The largest absolute Gasteiger partial charge is 0.497 e. The summed E-state index contributed by atoms with van der Waals surface area (Å²) in [5, 5.41) is 7.53. The lowest BCUT2D eigenvalue weighted by atomic mass is 9.73.